The minimum Gasteiger partial charge on any atom is -0.301 e. The Balaban J connectivity index is 1.89. The average molecular weight is 234 g/mol. The monoisotopic (exact) mass is 234 g/mol. The fourth-order valence-electron chi connectivity index (χ4n) is 2.57. The van der Waals surface area contributed by atoms with Crippen LogP contribution in [0.3, 0.4) is 0 Å². The highest BCUT2D eigenvalue weighted by Crippen LogP contribution is 2.22. The van der Waals surface area contributed by atoms with Gasteiger partial charge in [0.05, 0.1) is 6.10 Å². The van der Waals surface area contributed by atoms with Gasteiger partial charge >= 0.3 is 0 Å². The van der Waals surface area contributed by atoms with Crippen molar-refractivity contribution in [3.05, 3.63) is 35.9 Å². The number of hydrogen-bond donors (Lipinski definition) is 1. The van der Waals surface area contributed by atoms with Gasteiger partial charge in [0.15, 0.2) is 0 Å². The summed E-state index contributed by atoms with van der Waals surface area (Å²) in [6, 6.07) is 10.6. The van der Waals surface area contributed by atoms with Crippen LogP contribution in [0.1, 0.15) is 25.3 Å². The summed E-state index contributed by atoms with van der Waals surface area (Å²) in [6.45, 7) is 5.38. The second-order valence-corrected chi connectivity index (χ2v) is 4.96. The Kier molecular flexibility index (Phi) is 4.54. The van der Waals surface area contributed by atoms with Gasteiger partial charge in [-0.05, 0) is 37.8 Å². The van der Waals surface area contributed by atoms with E-state index in [0.717, 1.165) is 13.1 Å². The molecule has 2 rings (SSSR count). The molecule has 2 unspecified atom stereocenters. The first-order chi connectivity index (χ1) is 8.29. The summed E-state index contributed by atoms with van der Waals surface area (Å²) < 4.78 is 0. The van der Waals surface area contributed by atoms with Crippen molar-refractivity contribution in [2.75, 3.05) is 13.1 Å². The van der Waals surface area contributed by atoms with E-state index in [1.165, 1.54) is 24.9 Å². The molecule has 0 saturated carbocycles. The topological polar surface area (TPSA) is 38.5 Å². The van der Waals surface area contributed by atoms with Crippen LogP contribution in [0.15, 0.2) is 30.3 Å². The highest BCUT2D eigenvalue weighted by atomic mass is 16.6. The average Bonchev–Trinajstić information content (AvgIpc) is 2.39. The second kappa shape index (κ2) is 6.15. The van der Waals surface area contributed by atoms with E-state index in [-0.39, 0.29) is 6.10 Å². The summed E-state index contributed by atoms with van der Waals surface area (Å²) in [7, 11) is 0. The van der Waals surface area contributed by atoms with Crippen molar-refractivity contribution in [2.45, 2.75) is 32.4 Å². The van der Waals surface area contributed by atoms with Crippen molar-refractivity contribution < 1.29 is 4.84 Å². The lowest BCUT2D eigenvalue weighted by Gasteiger charge is -2.34. The predicted octanol–water partition coefficient (Wildman–Crippen LogP) is 2.18. The first-order valence-electron chi connectivity index (χ1n) is 6.41. The number of piperidine rings is 1. The lowest BCUT2D eigenvalue weighted by molar-refractivity contribution is -0.00525. The molecule has 2 N–H and O–H groups in total. The Morgan fingerprint density at radius 1 is 1.41 bits per heavy atom. The molecular weight excluding hydrogens is 212 g/mol. The molecule has 1 saturated heterocycles. The van der Waals surface area contributed by atoms with E-state index >= 15 is 0 Å². The van der Waals surface area contributed by atoms with Gasteiger partial charge in [0.1, 0.15) is 0 Å². The molecule has 0 spiro atoms. The molecule has 0 bridgehead atoms. The van der Waals surface area contributed by atoms with Crippen LogP contribution >= 0.6 is 0 Å². The van der Waals surface area contributed by atoms with Crippen molar-refractivity contribution in [1.29, 1.82) is 0 Å². The van der Waals surface area contributed by atoms with Gasteiger partial charge in [-0.1, -0.05) is 30.3 Å². The van der Waals surface area contributed by atoms with Gasteiger partial charge in [-0.2, -0.15) is 0 Å². The summed E-state index contributed by atoms with van der Waals surface area (Å²) in [5.41, 5.74) is 1.38. The van der Waals surface area contributed by atoms with Crippen LogP contribution in [0.5, 0.6) is 0 Å². The number of hydrogen-bond acceptors (Lipinski definition) is 3. The van der Waals surface area contributed by atoms with E-state index in [1.54, 1.807) is 0 Å². The Labute approximate surface area is 104 Å². The van der Waals surface area contributed by atoms with Crippen molar-refractivity contribution in [2.24, 2.45) is 11.8 Å². The quantitative estimate of drug-likeness (QED) is 0.811. The number of likely N-dealkylation sites (tertiary alicyclic amines) is 1. The minimum absolute atomic E-state index is 0.161. The molecule has 2 atom stereocenters. The van der Waals surface area contributed by atoms with Gasteiger partial charge in [-0.25, -0.2) is 5.90 Å². The van der Waals surface area contributed by atoms with Crippen LogP contribution in [-0.2, 0) is 11.4 Å². The molecule has 1 heterocycles. The summed E-state index contributed by atoms with van der Waals surface area (Å²) >= 11 is 0. The summed E-state index contributed by atoms with van der Waals surface area (Å²) in [4.78, 5) is 7.46. The molecule has 94 valence electrons. The lowest BCUT2D eigenvalue weighted by atomic mass is 9.93. The van der Waals surface area contributed by atoms with Gasteiger partial charge < -0.3 is 4.84 Å². The molecule has 1 fully saturated rings. The standard InChI is InChI=1S/C14H22N2O/c1-12(17-15)14-8-5-9-16(11-14)10-13-6-3-2-4-7-13/h2-4,6-7,12,14H,5,8-11,15H2,1H3. The molecule has 0 aliphatic carbocycles. The summed E-state index contributed by atoms with van der Waals surface area (Å²) in [5.74, 6) is 5.85. The van der Waals surface area contributed by atoms with Crippen molar-refractivity contribution in [3.63, 3.8) is 0 Å². The fraction of sp³-hybridized carbons (Fsp3) is 0.571. The Bertz CT molecular complexity index is 328. The molecule has 0 radical (unpaired) electrons. The Morgan fingerprint density at radius 3 is 2.88 bits per heavy atom. The van der Waals surface area contributed by atoms with Gasteiger partial charge in [0, 0.05) is 13.1 Å². The smallest absolute Gasteiger partial charge is 0.0799 e. The minimum atomic E-state index is 0.161. The predicted molar refractivity (Wildman–Crippen MR) is 69.2 cm³/mol. The highest BCUT2D eigenvalue weighted by Gasteiger charge is 2.24. The largest absolute Gasteiger partial charge is 0.301 e. The Hall–Kier alpha value is -0.900. The van der Waals surface area contributed by atoms with Gasteiger partial charge in [-0.3, -0.25) is 4.90 Å². The van der Waals surface area contributed by atoms with Crippen LogP contribution in [-0.4, -0.2) is 24.1 Å². The molecule has 1 aliphatic rings. The van der Waals surface area contributed by atoms with E-state index in [9.17, 15) is 0 Å². The third kappa shape index (κ3) is 3.53. The number of nitrogens with zero attached hydrogens (tertiary/aromatic N) is 1. The number of nitrogens with two attached hydrogens (primary N) is 1. The zero-order chi connectivity index (χ0) is 12.1. The highest BCUT2D eigenvalue weighted by molar-refractivity contribution is 5.14. The Morgan fingerprint density at radius 2 is 2.18 bits per heavy atom. The van der Waals surface area contributed by atoms with Crippen LogP contribution in [0.25, 0.3) is 0 Å². The maximum atomic E-state index is 5.28. The van der Waals surface area contributed by atoms with Crippen LogP contribution in [0.4, 0.5) is 0 Å². The SMILES string of the molecule is CC(ON)C1CCCN(Cc2ccccc2)C1. The van der Waals surface area contributed by atoms with Crippen LogP contribution in [0, 0.1) is 5.92 Å². The van der Waals surface area contributed by atoms with Gasteiger partial charge in [-0.15, -0.1) is 0 Å². The second-order valence-electron chi connectivity index (χ2n) is 4.96. The molecule has 1 aromatic rings. The molecule has 0 amide bonds. The molecule has 1 aliphatic heterocycles. The first-order valence-corrected chi connectivity index (χ1v) is 6.41. The van der Waals surface area contributed by atoms with Crippen molar-refractivity contribution >= 4 is 0 Å². The van der Waals surface area contributed by atoms with Crippen LogP contribution < -0.4 is 5.90 Å². The van der Waals surface area contributed by atoms with Gasteiger partial charge in [0.25, 0.3) is 0 Å². The van der Waals surface area contributed by atoms with E-state index in [2.05, 4.69) is 42.2 Å². The third-order valence-electron chi connectivity index (χ3n) is 3.67. The van der Waals surface area contributed by atoms with E-state index in [4.69, 9.17) is 10.7 Å². The fourth-order valence-corrected chi connectivity index (χ4v) is 2.57. The van der Waals surface area contributed by atoms with Crippen molar-refractivity contribution in [3.8, 4) is 0 Å². The van der Waals surface area contributed by atoms with E-state index < -0.39 is 0 Å². The molecule has 1 aromatic carbocycles. The molecule has 3 nitrogen and oxygen atoms in total. The number of rotatable bonds is 4. The number of benzene rings is 1. The normalized spacial score (nSPS) is 23.5. The molecule has 17 heavy (non-hydrogen) atoms. The van der Waals surface area contributed by atoms with Crippen molar-refractivity contribution in [1.82, 2.24) is 4.90 Å². The maximum Gasteiger partial charge on any atom is 0.0799 e. The third-order valence-corrected chi connectivity index (χ3v) is 3.67. The zero-order valence-electron chi connectivity index (χ0n) is 10.5. The summed E-state index contributed by atoms with van der Waals surface area (Å²) in [5, 5.41) is 0. The van der Waals surface area contributed by atoms with Crippen LogP contribution in [0.2, 0.25) is 0 Å². The molecular formula is C14H22N2O. The lowest BCUT2D eigenvalue weighted by Crippen LogP contribution is -2.40. The van der Waals surface area contributed by atoms with E-state index in [1.807, 2.05) is 0 Å². The molecule has 0 aromatic heterocycles. The first kappa shape index (κ1) is 12.6. The van der Waals surface area contributed by atoms with E-state index in [0.29, 0.717) is 5.92 Å². The molecule has 3 heteroatoms. The zero-order valence-corrected chi connectivity index (χ0v) is 10.5. The maximum absolute atomic E-state index is 5.28. The summed E-state index contributed by atoms with van der Waals surface area (Å²) in [6.07, 6.45) is 2.63. The van der Waals surface area contributed by atoms with Gasteiger partial charge in [0.2, 0.25) is 0 Å².